The minimum Gasteiger partial charge on any atom is -0.444 e. The van der Waals surface area contributed by atoms with Gasteiger partial charge < -0.3 is 9.26 Å². The van der Waals surface area contributed by atoms with E-state index in [1.807, 2.05) is 32.9 Å². The average Bonchev–Trinajstić information content (AvgIpc) is 3.03. The third-order valence-electron chi connectivity index (χ3n) is 3.94. The van der Waals surface area contributed by atoms with Crippen LogP contribution in [0.2, 0.25) is 5.02 Å². The fourth-order valence-electron chi connectivity index (χ4n) is 2.84. The first-order chi connectivity index (χ1) is 11.8. The molecule has 0 aliphatic carbocycles. The van der Waals surface area contributed by atoms with Gasteiger partial charge in [-0.2, -0.15) is 4.98 Å². The van der Waals surface area contributed by atoms with Crippen molar-refractivity contribution in [2.45, 2.75) is 51.7 Å². The first-order valence-electron chi connectivity index (χ1n) is 8.43. The summed E-state index contributed by atoms with van der Waals surface area (Å²) in [5, 5.41) is 4.66. The number of likely N-dealkylation sites (tertiary alicyclic amines) is 1. The summed E-state index contributed by atoms with van der Waals surface area (Å²) in [6.45, 7) is 6.18. The van der Waals surface area contributed by atoms with E-state index in [1.165, 1.54) is 0 Å². The number of benzene rings is 1. The molecule has 7 heteroatoms. The molecule has 6 nitrogen and oxygen atoms in total. The molecule has 1 atom stereocenters. The van der Waals surface area contributed by atoms with Crippen molar-refractivity contribution in [1.29, 1.82) is 0 Å². The predicted molar refractivity (Wildman–Crippen MR) is 94.3 cm³/mol. The summed E-state index contributed by atoms with van der Waals surface area (Å²) in [4.78, 5) is 18.7. The van der Waals surface area contributed by atoms with Gasteiger partial charge in [-0.25, -0.2) is 4.79 Å². The Morgan fingerprint density at radius 3 is 2.88 bits per heavy atom. The Balaban J connectivity index is 1.82. The maximum Gasteiger partial charge on any atom is 0.410 e. The lowest BCUT2D eigenvalue weighted by atomic mass is 10.0. The fraction of sp³-hybridized carbons (Fsp3) is 0.500. The summed E-state index contributed by atoms with van der Waals surface area (Å²) in [6, 6.07) is 7.01. The highest BCUT2D eigenvalue weighted by molar-refractivity contribution is 6.30. The molecule has 1 aliphatic rings. The summed E-state index contributed by atoms with van der Waals surface area (Å²) >= 11 is 6.02. The fourth-order valence-corrected chi connectivity index (χ4v) is 3.03. The van der Waals surface area contributed by atoms with Crippen molar-refractivity contribution in [2.24, 2.45) is 0 Å². The smallest absolute Gasteiger partial charge is 0.410 e. The summed E-state index contributed by atoms with van der Waals surface area (Å²) < 4.78 is 11.0. The summed E-state index contributed by atoms with van der Waals surface area (Å²) in [7, 11) is 0. The van der Waals surface area contributed by atoms with Crippen molar-refractivity contribution in [3.8, 4) is 11.4 Å². The van der Waals surface area contributed by atoms with Gasteiger partial charge in [-0.1, -0.05) is 28.9 Å². The van der Waals surface area contributed by atoms with Gasteiger partial charge in [0, 0.05) is 17.1 Å². The molecular formula is C18H22ClN3O3. The molecule has 0 N–H and O–H groups in total. The molecule has 1 saturated heterocycles. The van der Waals surface area contributed by atoms with Gasteiger partial charge in [0.2, 0.25) is 11.7 Å². The van der Waals surface area contributed by atoms with E-state index < -0.39 is 5.60 Å². The maximum absolute atomic E-state index is 12.5. The highest BCUT2D eigenvalue weighted by Crippen LogP contribution is 2.32. The quantitative estimate of drug-likeness (QED) is 0.762. The predicted octanol–water partition coefficient (Wildman–Crippen LogP) is 4.85. The molecule has 0 saturated carbocycles. The second-order valence-electron chi connectivity index (χ2n) is 7.15. The van der Waals surface area contributed by atoms with E-state index in [9.17, 15) is 4.79 Å². The van der Waals surface area contributed by atoms with Crippen molar-refractivity contribution >= 4 is 17.7 Å². The van der Waals surface area contributed by atoms with Crippen molar-refractivity contribution in [3.63, 3.8) is 0 Å². The lowest BCUT2D eigenvalue weighted by Gasteiger charge is -2.34. The number of hydrogen-bond acceptors (Lipinski definition) is 5. The Morgan fingerprint density at radius 2 is 2.16 bits per heavy atom. The lowest BCUT2D eigenvalue weighted by Crippen LogP contribution is -2.42. The van der Waals surface area contributed by atoms with Gasteiger partial charge >= 0.3 is 6.09 Å². The van der Waals surface area contributed by atoms with Gasteiger partial charge in [-0.3, -0.25) is 4.90 Å². The molecule has 1 aromatic carbocycles. The lowest BCUT2D eigenvalue weighted by molar-refractivity contribution is 0.00538. The monoisotopic (exact) mass is 363 g/mol. The molecule has 3 rings (SSSR count). The van der Waals surface area contributed by atoms with E-state index >= 15 is 0 Å². The number of amides is 1. The van der Waals surface area contributed by atoms with E-state index in [4.69, 9.17) is 20.9 Å². The second kappa shape index (κ2) is 7.04. The van der Waals surface area contributed by atoms with Gasteiger partial charge in [-0.15, -0.1) is 0 Å². The molecule has 2 aromatic rings. The van der Waals surface area contributed by atoms with Crippen molar-refractivity contribution in [2.75, 3.05) is 6.54 Å². The Morgan fingerprint density at radius 1 is 1.36 bits per heavy atom. The zero-order valence-electron chi connectivity index (χ0n) is 14.7. The molecule has 0 bridgehead atoms. The molecular weight excluding hydrogens is 342 g/mol. The molecule has 2 heterocycles. The maximum atomic E-state index is 12.5. The van der Waals surface area contributed by atoms with Crippen LogP contribution >= 0.6 is 11.6 Å². The summed E-state index contributed by atoms with van der Waals surface area (Å²) in [6.07, 6.45) is 2.36. The molecule has 0 spiro atoms. The molecule has 0 radical (unpaired) electrons. The van der Waals surface area contributed by atoms with Crippen LogP contribution in [-0.4, -0.2) is 33.3 Å². The number of aromatic nitrogens is 2. The number of rotatable bonds is 2. The first kappa shape index (κ1) is 17.7. The molecule has 1 aliphatic heterocycles. The van der Waals surface area contributed by atoms with Crippen LogP contribution in [0.3, 0.4) is 0 Å². The van der Waals surface area contributed by atoms with E-state index in [-0.39, 0.29) is 12.1 Å². The minimum atomic E-state index is -0.542. The van der Waals surface area contributed by atoms with Gasteiger partial charge in [0.25, 0.3) is 0 Å². The number of hydrogen-bond donors (Lipinski definition) is 0. The third kappa shape index (κ3) is 4.31. The number of halogens is 1. The van der Waals surface area contributed by atoms with E-state index in [2.05, 4.69) is 10.1 Å². The Kier molecular flexibility index (Phi) is 4.99. The summed E-state index contributed by atoms with van der Waals surface area (Å²) in [5.74, 6) is 0.896. The number of nitrogens with zero attached hydrogens (tertiary/aromatic N) is 3. The zero-order chi connectivity index (χ0) is 18.0. The topological polar surface area (TPSA) is 68.5 Å². The standard InChI is InChI=1S/C18H22ClN3O3/c1-18(2,3)24-17(23)22-10-5-4-9-14(22)16-20-15(21-25-16)12-7-6-8-13(19)11-12/h6-8,11,14H,4-5,9-10H2,1-3H3/t14-/m1/s1. The second-order valence-corrected chi connectivity index (χ2v) is 7.59. The molecule has 1 amide bonds. The molecule has 1 aromatic heterocycles. The van der Waals surface area contributed by atoms with E-state index in [0.29, 0.717) is 23.3 Å². The van der Waals surface area contributed by atoms with Gasteiger partial charge in [0.1, 0.15) is 11.6 Å². The van der Waals surface area contributed by atoms with Crippen LogP contribution in [0, 0.1) is 0 Å². The molecule has 134 valence electrons. The third-order valence-corrected chi connectivity index (χ3v) is 4.18. The van der Waals surface area contributed by atoms with Crippen LogP contribution in [0.5, 0.6) is 0 Å². The van der Waals surface area contributed by atoms with Gasteiger partial charge in [-0.05, 0) is 52.2 Å². The Bertz CT molecular complexity index is 754. The number of carbonyl (C=O) groups excluding carboxylic acids is 1. The Labute approximate surface area is 152 Å². The normalized spacial score (nSPS) is 18.2. The van der Waals surface area contributed by atoms with Crippen LogP contribution in [0.1, 0.15) is 52.0 Å². The van der Waals surface area contributed by atoms with Crippen molar-refractivity contribution in [3.05, 3.63) is 35.2 Å². The van der Waals surface area contributed by atoms with Crippen LogP contribution in [-0.2, 0) is 4.74 Å². The summed E-state index contributed by atoms with van der Waals surface area (Å²) in [5.41, 5.74) is 0.238. The van der Waals surface area contributed by atoms with Crippen molar-refractivity contribution in [1.82, 2.24) is 15.0 Å². The Hall–Kier alpha value is -2.08. The molecule has 25 heavy (non-hydrogen) atoms. The highest BCUT2D eigenvalue weighted by atomic mass is 35.5. The molecule has 1 fully saturated rings. The SMILES string of the molecule is CC(C)(C)OC(=O)N1CCCC[C@@H]1c1nc(-c2cccc(Cl)c2)no1. The zero-order valence-corrected chi connectivity index (χ0v) is 15.4. The van der Waals surface area contributed by atoms with Gasteiger partial charge in [0.05, 0.1) is 0 Å². The van der Waals surface area contributed by atoms with Crippen LogP contribution in [0.25, 0.3) is 11.4 Å². The van der Waals surface area contributed by atoms with E-state index in [1.54, 1.807) is 17.0 Å². The number of piperidine rings is 1. The van der Waals surface area contributed by atoms with Gasteiger partial charge in [0.15, 0.2) is 0 Å². The number of carbonyl (C=O) groups is 1. The van der Waals surface area contributed by atoms with Crippen LogP contribution in [0.4, 0.5) is 4.79 Å². The van der Waals surface area contributed by atoms with E-state index in [0.717, 1.165) is 24.8 Å². The van der Waals surface area contributed by atoms with Crippen molar-refractivity contribution < 1.29 is 14.1 Å². The highest BCUT2D eigenvalue weighted by Gasteiger charge is 2.34. The number of ether oxygens (including phenoxy) is 1. The van der Waals surface area contributed by atoms with Crippen LogP contribution in [0.15, 0.2) is 28.8 Å². The molecule has 0 unspecified atom stereocenters. The largest absolute Gasteiger partial charge is 0.444 e. The average molecular weight is 364 g/mol. The minimum absolute atomic E-state index is 0.260. The van der Waals surface area contributed by atoms with Crippen LogP contribution < -0.4 is 0 Å². The first-order valence-corrected chi connectivity index (χ1v) is 8.80.